The van der Waals surface area contributed by atoms with Crippen molar-refractivity contribution in [2.75, 3.05) is 13.1 Å². The molecule has 2 aromatic heterocycles. The van der Waals surface area contributed by atoms with E-state index in [1.807, 2.05) is 4.57 Å². The van der Waals surface area contributed by atoms with Crippen molar-refractivity contribution in [2.24, 2.45) is 0 Å². The van der Waals surface area contributed by atoms with Crippen molar-refractivity contribution < 1.29 is 0 Å². The summed E-state index contributed by atoms with van der Waals surface area (Å²) in [6.07, 6.45) is 4.82. The molecule has 0 bridgehead atoms. The Balaban J connectivity index is 2.16. The topological polar surface area (TPSA) is 46.9 Å². The summed E-state index contributed by atoms with van der Waals surface area (Å²) in [6, 6.07) is 0.253. The number of rotatable bonds is 2. The maximum Gasteiger partial charge on any atom is 0.262 e. The fraction of sp³-hybridized carbons (Fsp3) is 0.571. The first-order chi connectivity index (χ1) is 9.22. The second-order valence-corrected chi connectivity index (χ2v) is 6.33. The van der Waals surface area contributed by atoms with Crippen LogP contribution >= 0.6 is 11.3 Å². The summed E-state index contributed by atoms with van der Waals surface area (Å²) >= 11 is 1.63. The molecule has 0 amide bonds. The number of nitrogens with one attached hydrogen (secondary N) is 1. The standard InChI is InChI=1S/C14H19N3OS/c1-3-11-9(2)19-13-12(11)14(18)17(8-16-13)10-5-4-6-15-7-10/h8,10,15H,3-7H2,1-2H3. The van der Waals surface area contributed by atoms with Crippen LogP contribution in [-0.4, -0.2) is 22.6 Å². The fourth-order valence-corrected chi connectivity index (χ4v) is 4.00. The van der Waals surface area contributed by atoms with E-state index in [9.17, 15) is 4.79 Å². The molecule has 0 radical (unpaired) electrons. The van der Waals surface area contributed by atoms with Crippen LogP contribution in [0.2, 0.25) is 0 Å². The second kappa shape index (κ2) is 5.06. The molecule has 1 aliphatic heterocycles. The van der Waals surface area contributed by atoms with E-state index >= 15 is 0 Å². The van der Waals surface area contributed by atoms with Crippen molar-refractivity contribution in [3.05, 3.63) is 27.1 Å². The van der Waals surface area contributed by atoms with Crippen LogP contribution in [0.15, 0.2) is 11.1 Å². The van der Waals surface area contributed by atoms with Gasteiger partial charge in [-0.25, -0.2) is 4.98 Å². The number of thiophene rings is 1. The average Bonchev–Trinajstić information content (AvgIpc) is 2.76. The van der Waals surface area contributed by atoms with Gasteiger partial charge in [-0.15, -0.1) is 11.3 Å². The number of piperidine rings is 1. The molecule has 1 fully saturated rings. The molecule has 0 aliphatic carbocycles. The van der Waals surface area contributed by atoms with Crippen LogP contribution in [0.4, 0.5) is 0 Å². The van der Waals surface area contributed by atoms with Crippen LogP contribution in [0, 0.1) is 6.92 Å². The summed E-state index contributed by atoms with van der Waals surface area (Å²) in [7, 11) is 0. The first-order valence-corrected chi connectivity index (χ1v) is 7.73. The van der Waals surface area contributed by atoms with Gasteiger partial charge >= 0.3 is 0 Å². The van der Waals surface area contributed by atoms with Crippen molar-refractivity contribution in [1.82, 2.24) is 14.9 Å². The van der Waals surface area contributed by atoms with Crippen molar-refractivity contribution in [3.8, 4) is 0 Å². The molecule has 3 heterocycles. The highest BCUT2D eigenvalue weighted by Gasteiger charge is 2.19. The Kier molecular flexibility index (Phi) is 3.41. The Morgan fingerprint density at radius 3 is 3.11 bits per heavy atom. The van der Waals surface area contributed by atoms with Gasteiger partial charge in [0, 0.05) is 11.4 Å². The van der Waals surface area contributed by atoms with Gasteiger partial charge in [-0.05, 0) is 38.3 Å². The Labute approximate surface area is 116 Å². The highest BCUT2D eigenvalue weighted by molar-refractivity contribution is 7.18. The third-order valence-corrected chi connectivity index (χ3v) is 5.01. The van der Waals surface area contributed by atoms with Gasteiger partial charge in [0.25, 0.3) is 5.56 Å². The summed E-state index contributed by atoms with van der Waals surface area (Å²) in [5.74, 6) is 0. The molecule has 0 spiro atoms. The molecule has 1 atom stereocenters. The molecule has 0 saturated carbocycles. The summed E-state index contributed by atoms with van der Waals surface area (Å²) in [6.45, 7) is 6.11. The van der Waals surface area contributed by atoms with Gasteiger partial charge in [-0.1, -0.05) is 6.92 Å². The van der Waals surface area contributed by atoms with Crippen LogP contribution in [0.1, 0.15) is 36.2 Å². The number of aromatic nitrogens is 2. The highest BCUT2D eigenvalue weighted by Crippen LogP contribution is 2.27. The first kappa shape index (κ1) is 12.8. The normalized spacial score (nSPS) is 20.0. The molecule has 4 nitrogen and oxygen atoms in total. The van der Waals surface area contributed by atoms with Gasteiger partial charge in [0.15, 0.2) is 0 Å². The predicted molar refractivity (Wildman–Crippen MR) is 79.1 cm³/mol. The quantitative estimate of drug-likeness (QED) is 0.916. The molecule has 3 rings (SSSR count). The molecule has 19 heavy (non-hydrogen) atoms. The predicted octanol–water partition coefficient (Wildman–Crippen LogP) is 2.25. The van der Waals surface area contributed by atoms with Crippen molar-refractivity contribution in [2.45, 2.75) is 39.2 Å². The maximum absolute atomic E-state index is 12.7. The Bertz CT molecular complexity index is 652. The molecule has 1 aliphatic rings. The van der Waals surface area contributed by atoms with Crippen molar-refractivity contribution in [3.63, 3.8) is 0 Å². The zero-order valence-electron chi connectivity index (χ0n) is 11.4. The zero-order chi connectivity index (χ0) is 13.4. The minimum absolute atomic E-state index is 0.139. The van der Waals surface area contributed by atoms with E-state index in [1.165, 1.54) is 10.4 Å². The second-order valence-electron chi connectivity index (χ2n) is 5.13. The number of hydrogen-bond donors (Lipinski definition) is 1. The number of nitrogens with zero attached hydrogens (tertiary/aromatic N) is 2. The van der Waals surface area contributed by atoms with Gasteiger partial charge < -0.3 is 5.32 Å². The SMILES string of the molecule is CCc1c(C)sc2ncn(C3CCCNC3)c(=O)c12. The van der Waals surface area contributed by atoms with E-state index in [0.29, 0.717) is 0 Å². The lowest BCUT2D eigenvalue weighted by atomic mass is 10.1. The lowest BCUT2D eigenvalue weighted by molar-refractivity contribution is 0.363. The molecule has 0 aromatic carbocycles. The largest absolute Gasteiger partial charge is 0.315 e. The lowest BCUT2D eigenvalue weighted by Gasteiger charge is -2.24. The van der Waals surface area contributed by atoms with E-state index in [-0.39, 0.29) is 11.6 Å². The molecular formula is C14H19N3OS. The van der Waals surface area contributed by atoms with Crippen LogP contribution in [0.25, 0.3) is 10.2 Å². The molecule has 102 valence electrons. The first-order valence-electron chi connectivity index (χ1n) is 6.92. The molecule has 1 unspecified atom stereocenters. The zero-order valence-corrected chi connectivity index (χ0v) is 12.2. The van der Waals surface area contributed by atoms with E-state index in [1.54, 1.807) is 17.7 Å². The molecule has 1 N–H and O–H groups in total. The Morgan fingerprint density at radius 2 is 2.42 bits per heavy atom. The number of hydrogen-bond acceptors (Lipinski definition) is 4. The third-order valence-electron chi connectivity index (χ3n) is 3.96. The van der Waals surface area contributed by atoms with Gasteiger partial charge in [-0.3, -0.25) is 9.36 Å². The lowest BCUT2D eigenvalue weighted by Crippen LogP contribution is -2.36. The summed E-state index contributed by atoms with van der Waals surface area (Å²) in [5.41, 5.74) is 1.32. The fourth-order valence-electron chi connectivity index (χ4n) is 2.93. The summed E-state index contributed by atoms with van der Waals surface area (Å²) < 4.78 is 1.83. The number of aryl methyl sites for hydroxylation is 2. The van der Waals surface area contributed by atoms with Crippen molar-refractivity contribution >= 4 is 21.6 Å². The Hall–Kier alpha value is -1.20. The van der Waals surface area contributed by atoms with Gasteiger partial charge in [0.2, 0.25) is 0 Å². The summed E-state index contributed by atoms with van der Waals surface area (Å²) in [4.78, 5) is 19.3. The number of fused-ring (bicyclic) bond motifs is 1. The van der Waals surface area contributed by atoms with E-state index in [4.69, 9.17) is 0 Å². The summed E-state index contributed by atoms with van der Waals surface area (Å²) in [5, 5.41) is 4.20. The van der Waals surface area contributed by atoms with E-state index < -0.39 is 0 Å². The third kappa shape index (κ3) is 2.11. The molecule has 2 aromatic rings. The van der Waals surface area contributed by atoms with Gasteiger partial charge in [0.1, 0.15) is 4.83 Å². The van der Waals surface area contributed by atoms with Crippen molar-refractivity contribution in [1.29, 1.82) is 0 Å². The average molecular weight is 277 g/mol. The van der Waals surface area contributed by atoms with Crippen LogP contribution in [0.3, 0.4) is 0 Å². The van der Waals surface area contributed by atoms with E-state index in [0.717, 1.165) is 42.6 Å². The minimum Gasteiger partial charge on any atom is -0.315 e. The van der Waals surface area contributed by atoms with Crippen LogP contribution < -0.4 is 10.9 Å². The monoisotopic (exact) mass is 277 g/mol. The van der Waals surface area contributed by atoms with Crippen LogP contribution in [-0.2, 0) is 6.42 Å². The van der Waals surface area contributed by atoms with Gasteiger partial charge in [-0.2, -0.15) is 0 Å². The maximum atomic E-state index is 12.7. The minimum atomic E-state index is 0.139. The van der Waals surface area contributed by atoms with Gasteiger partial charge in [0.05, 0.1) is 17.8 Å². The molecule has 5 heteroatoms. The molecular weight excluding hydrogens is 258 g/mol. The smallest absolute Gasteiger partial charge is 0.262 e. The van der Waals surface area contributed by atoms with Crippen LogP contribution in [0.5, 0.6) is 0 Å². The highest BCUT2D eigenvalue weighted by atomic mass is 32.1. The molecule has 1 saturated heterocycles. The Morgan fingerprint density at radius 1 is 1.58 bits per heavy atom. The van der Waals surface area contributed by atoms with E-state index in [2.05, 4.69) is 24.1 Å².